The Balaban J connectivity index is 5.35. The smallest absolute Gasteiger partial charge is 0.326 e. The quantitative estimate of drug-likeness (QED) is 0.125. The van der Waals surface area contributed by atoms with E-state index in [0.29, 0.717) is 19.4 Å². The molecule has 0 rings (SSSR count). The number of aliphatic carboxylic acids is 1. The number of carboxylic acid groups (broad SMARTS) is 1. The van der Waals surface area contributed by atoms with Crippen LogP contribution in [0.1, 0.15) is 66.2 Å². The first-order valence-corrected chi connectivity index (χ1v) is 11.7. The minimum Gasteiger partial charge on any atom is -0.480 e. The zero-order valence-corrected chi connectivity index (χ0v) is 20.6. The number of primary amides is 1. The molecular weight excluding hydrogens is 444 g/mol. The van der Waals surface area contributed by atoms with Crippen LogP contribution in [0.25, 0.3) is 0 Å². The first-order valence-electron chi connectivity index (χ1n) is 11.7. The number of carbonyl (C=O) groups is 5. The van der Waals surface area contributed by atoms with Crippen molar-refractivity contribution in [1.82, 2.24) is 16.0 Å². The van der Waals surface area contributed by atoms with Gasteiger partial charge in [-0.15, -0.1) is 0 Å². The maximum absolute atomic E-state index is 13.0. The van der Waals surface area contributed by atoms with Gasteiger partial charge in [0, 0.05) is 6.42 Å². The molecule has 4 unspecified atom stereocenters. The summed E-state index contributed by atoms with van der Waals surface area (Å²) in [6.07, 6.45) is 1.61. The molecule has 0 aliphatic heterocycles. The van der Waals surface area contributed by atoms with E-state index in [-0.39, 0.29) is 37.5 Å². The maximum Gasteiger partial charge on any atom is 0.326 e. The van der Waals surface area contributed by atoms with E-state index in [2.05, 4.69) is 16.0 Å². The summed E-state index contributed by atoms with van der Waals surface area (Å²) >= 11 is 0. The highest BCUT2D eigenvalue weighted by Crippen LogP contribution is 2.10. The van der Waals surface area contributed by atoms with Crippen molar-refractivity contribution in [2.24, 2.45) is 29.0 Å². The van der Waals surface area contributed by atoms with Crippen LogP contribution in [-0.2, 0) is 24.0 Å². The largest absolute Gasteiger partial charge is 0.480 e. The number of rotatable bonds is 17. The molecule has 12 heteroatoms. The molecule has 4 amide bonds. The van der Waals surface area contributed by atoms with Crippen molar-refractivity contribution in [3.8, 4) is 0 Å². The molecule has 0 heterocycles. The minimum absolute atomic E-state index is 0.0193. The summed E-state index contributed by atoms with van der Waals surface area (Å²) in [6.45, 7) is 7.58. The van der Waals surface area contributed by atoms with Crippen LogP contribution in [0.2, 0.25) is 0 Å². The average Bonchev–Trinajstić information content (AvgIpc) is 2.73. The van der Waals surface area contributed by atoms with Gasteiger partial charge in [-0.2, -0.15) is 0 Å². The molecule has 0 aromatic heterocycles. The van der Waals surface area contributed by atoms with Crippen LogP contribution in [0.3, 0.4) is 0 Å². The van der Waals surface area contributed by atoms with Gasteiger partial charge in [0.15, 0.2) is 0 Å². The zero-order chi connectivity index (χ0) is 26.4. The molecule has 0 aliphatic carbocycles. The Bertz CT molecular complexity index is 699. The number of hydrogen-bond acceptors (Lipinski definition) is 7. The predicted octanol–water partition coefficient (Wildman–Crippen LogP) is -1.05. The first kappa shape index (κ1) is 31.3. The fourth-order valence-corrected chi connectivity index (χ4v) is 3.21. The van der Waals surface area contributed by atoms with Gasteiger partial charge in [0.2, 0.25) is 23.6 Å². The van der Waals surface area contributed by atoms with Crippen molar-refractivity contribution in [3.05, 3.63) is 0 Å². The van der Waals surface area contributed by atoms with Crippen molar-refractivity contribution in [1.29, 1.82) is 0 Å². The van der Waals surface area contributed by atoms with E-state index in [4.69, 9.17) is 17.2 Å². The zero-order valence-electron chi connectivity index (χ0n) is 20.6. The van der Waals surface area contributed by atoms with Crippen LogP contribution in [0.15, 0.2) is 0 Å². The molecule has 0 bridgehead atoms. The predicted molar refractivity (Wildman–Crippen MR) is 127 cm³/mol. The average molecular weight is 487 g/mol. The number of nitrogens with two attached hydrogens (primary N) is 3. The van der Waals surface area contributed by atoms with Crippen LogP contribution in [0.4, 0.5) is 0 Å². The van der Waals surface area contributed by atoms with Crippen LogP contribution < -0.4 is 33.2 Å². The summed E-state index contributed by atoms with van der Waals surface area (Å²) in [5.74, 6) is -3.91. The minimum atomic E-state index is -1.17. The second-order valence-corrected chi connectivity index (χ2v) is 9.22. The third kappa shape index (κ3) is 12.5. The summed E-state index contributed by atoms with van der Waals surface area (Å²) in [5, 5.41) is 17.1. The van der Waals surface area contributed by atoms with Crippen molar-refractivity contribution in [2.75, 3.05) is 6.54 Å². The highest BCUT2D eigenvalue weighted by molar-refractivity contribution is 5.94. The summed E-state index contributed by atoms with van der Waals surface area (Å²) in [6, 6.07) is -4.12. The molecule has 0 fully saturated rings. The number of unbranched alkanes of at least 4 members (excludes halogenated alkanes) is 1. The van der Waals surface area contributed by atoms with E-state index in [9.17, 15) is 29.1 Å². The van der Waals surface area contributed by atoms with E-state index < -0.39 is 53.8 Å². The van der Waals surface area contributed by atoms with Crippen molar-refractivity contribution >= 4 is 29.6 Å². The second-order valence-electron chi connectivity index (χ2n) is 9.22. The van der Waals surface area contributed by atoms with Gasteiger partial charge in [-0.1, -0.05) is 27.7 Å². The third-order valence-electron chi connectivity index (χ3n) is 5.19. The summed E-state index contributed by atoms with van der Waals surface area (Å²) < 4.78 is 0. The lowest BCUT2D eigenvalue weighted by molar-refractivity contribution is -0.142. The fourth-order valence-electron chi connectivity index (χ4n) is 3.21. The van der Waals surface area contributed by atoms with E-state index in [1.54, 1.807) is 13.8 Å². The first-order chi connectivity index (χ1) is 15.8. The van der Waals surface area contributed by atoms with Crippen LogP contribution in [0.5, 0.6) is 0 Å². The number of hydrogen-bond donors (Lipinski definition) is 7. The highest BCUT2D eigenvalue weighted by atomic mass is 16.4. The van der Waals surface area contributed by atoms with Gasteiger partial charge in [0.1, 0.15) is 18.1 Å². The van der Waals surface area contributed by atoms with Crippen LogP contribution in [0, 0.1) is 11.8 Å². The Morgan fingerprint density at radius 1 is 0.824 bits per heavy atom. The van der Waals surface area contributed by atoms with Gasteiger partial charge in [-0.3, -0.25) is 19.2 Å². The summed E-state index contributed by atoms with van der Waals surface area (Å²) in [5.41, 5.74) is 16.3. The molecule has 34 heavy (non-hydrogen) atoms. The van der Waals surface area contributed by atoms with E-state index in [0.717, 1.165) is 0 Å². The van der Waals surface area contributed by atoms with Gasteiger partial charge in [-0.25, -0.2) is 4.79 Å². The topological polar surface area (TPSA) is 220 Å². The van der Waals surface area contributed by atoms with Crippen LogP contribution >= 0.6 is 0 Å². The van der Waals surface area contributed by atoms with Gasteiger partial charge in [0.25, 0.3) is 0 Å². The summed E-state index contributed by atoms with van der Waals surface area (Å²) in [7, 11) is 0. The Morgan fingerprint density at radius 2 is 1.41 bits per heavy atom. The molecule has 4 atom stereocenters. The Hall–Kier alpha value is -2.73. The Labute approximate surface area is 201 Å². The molecule has 0 radical (unpaired) electrons. The van der Waals surface area contributed by atoms with Gasteiger partial charge < -0.3 is 38.3 Å². The number of amides is 4. The Morgan fingerprint density at radius 3 is 1.88 bits per heavy atom. The molecule has 0 aliphatic rings. The summed E-state index contributed by atoms with van der Waals surface area (Å²) in [4.78, 5) is 60.7. The molecule has 196 valence electrons. The monoisotopic (exact) mass is 486 g/mol. The SMILES string of the molecule is CC(C)CC(NC(=O)C(NC(=O)C(N)CCC(N)=O)C(C)C)C(=O)NC(CCCCN)C(=O)O. The lowest BCUT2D eigenvalue weighted by Crippen LogP contribution is -2.58. The molecule has 0 aromatic rings. The Kier molecular flexibility index (Phi) is 14.7. The third-order valence-corrected chi connectivity index (χ3v) is 5.19. The molecular formula is C22H42N6O6. The molecule has 0 aromatic carbocycles. The van der Waals surface area contributed by atoms with E-state index in [1.165, 1.54) is 0 Å². The number of carboxylic acids is 1. The molecule has 0 spiro atoms. The maximum atomic E-state index is 13.0. The van der Waals surface area contributed by atoms with Crippen molar-refractivity contribution < 1.29 is 29.1 Å². The molecule has 0 saturated carbocycles. The van der Waals surface area contributed by atoms with Crippen molar-refractivity contribution in [2.45, 2.75) is 90.4 Å². The molecule has 12 nitrogen and oxygen atoms in total. The standard InChI is InChI=1S/C22H42N6O6/c1-12(2)11-16(20(31)26-15(22(33)34)7-5-6-10-23)27-21(32)18(13(3)4)28-19(30)14(24)8-9-17(25)29/h12-16,18H,5-11,23-24H2,1-4H3,(H2,25,29)(H,26,31)(H,27,32)(H,28,30)(H,33,34). The lowest BCUT2D eigenvalue weighted by atomic mass is 9.99. The molecule has 0 saturated heterocycles. The fraction of sp³-hybridized carbons (Fsp3) is 0.773. The van der Waals surface area contributed by atoms with Gasteiger partial charge in [0.05, 0.1) is 6.04 Å². The van der Waals surface area contributed by atoms with E-state index >= 15 is 0 Å². The highest BCUT2D eigenvalue weighted by Gasteiger charge is 2.32. The van der Waals surface area contributed by atoms with E-state index in [1.807, 2.05) is 13.8 Å². The number of nitrogens with one attached hydrogen (secondary N) is 3. The van der Waals surface area contributed by atoms with Gasteiger partial charge >= 0.3 is 5.97 Å². The van der Waals surface area contributed by atoms with Gasteiger partial charge in [-0.05, 0) is 50.5 Å². The number of carbonyl (C=O) groups excluding carboxylic acids is 4. The normalized spacial score (nSPS) is 14.7. The lowest BCUT2D eigenvalue weighted by Gasteiger charge is -2.27. The molecule has 10 N–H and O–H groups in total. The van der Waals surface area contributed by atoms with Crippen molar-refractivity contribution in [3.63, 3.8) is 0 Å². The van der Waals surface area contributed by atoms with Crippen LogP contribution in [-0.4, -0.2) is 65.4 Å². The second kappa shape index (κ2) is 16.0.